The zero-order valence-electron chi connectivity index (χ0n) is 11.7. The predicted octanol–water partition coefficient (Wildman–Crippen LogP) is 3.51. The number of hydrogen-bond donors (Lipinski definition) is 2. The van der Waals surface area contributed by atoms with E-state index in [1.807, 2.05) is 0 Å². The van der Waals surface area contributed by atoms with E-state index in [2.05, 4.69) is 25.8 Å². The Bertz CT molecular complexity index is 629. The third-order valence-corrected chi connectivity index (χ3v) is 3.92. The third-order valence-electron chi connectivity index (χ3n) is 3.29. The van der Waals surface area contributed by atoms with Gasteiger partial charge >= 0.3 is 0 Å². The minimum Gasteiger partial charge on any atom is -0.376 e. The second-order valence-corrected chi connectivity index (χ2v) is 5.72. The van der Waals surface area contributed by atoms with Crippen molar-refractivity contribution in [2.24, 2.45) is 0 Å². The van der Waals surface area contributed by atoms with E-state index in [1.54, 1.807) is 24.4 Å². The number of halogens is 2. The van der Waals surface area contributed by atoms with Gasteiger partial charge < -0.3 is 15.4 Å². The van der Waals surface area contributed by atoms with Gasteiger partial charge in [-0.2, -0.15) is 10.1 Å². The standard InChI is InChI=1S/C14H15Cl2N5O/c15-10-4-1-5-11(16)13(10)20-14-19-12(8-18-21-14)17-7-9-3-2-6-22-9/h1,4-5,8-9H,2-3,6-7H2,(H2,17,19,20,21). The van der Waals surface area contributed by atoms with E-state index in [0.29, 0.717) is 34.0 Å². The van der Waals surface area contributed by atoms with Crippen molar-refractivity contribution in [3.8, 4) is 0 Å². The van der Waals surface area contributed by atoms with Crippen molar-refractivity contribution in [2.45, 2.75) is 18.9 Å². The van der Waals surface area contributed by atoms with Crippen LogP contribution < -0.4 is 10.6 Å². The van der Waals surface area contributed by atoms with Gasteiger partial charge in [0.15, 0.2) is 5.82 Å². The second kappa shape index (κ2) is 7.09. The fraction of sp³-hybridized carbons (Fsp3) is 0.357. The average Bonchev–Trinajstić information content (AvgIpc) is 3.03. The van der Waals surface area contributed by atoms with Crippen LogP contribution in [0.5, 0.6) is 0 Å². The van der Waals surface area contributed by atoms with Gasteiger partial charge in [-0.3, -0.25) is 0 Å². The number of rotatable bonds is 5. The summed E-state index contributed by atoms with van der Waals surface area (Å²) in [7, 11) is 0. The number of ether oxygens (including phenoxy) is 1. The Morgan fingerprint density at radius 2 is 2.09 bits per heavy atom. The van der Waals surface area contributed by atoms with Gasteiger partial charge in [-0.1, -0.05) is 29.3 Å². The number of aromatic nitrogens is 3. The third kappa shape index (κ3) is 3.76. The molecular formula is C14H15Cl2N5O. The summed E-state index contributed by atoms with van der Waals surface area (Å²) in [4.78, 5) is 4.34. The molecule has 0 radical (unpaired) electrons. The maximum Gasteiger partial charge on any atom is 0.249 e. The van der Waals surface area contributed by atoms with Crippen molar-refractivity contribution < 1.29 is 4.74 Å². The lowest BCUT2D eigenvalue weighted by Crippen LogP contribution is -2.19. The molecule has 0 saturated carbocycles. The SMILES string of the molecule is Clc1cccc(Cl)c1Nc1nncc(NCC2CCCO2)n1. The summed E-state index contributed by atoms with van der Waals surface area (Å²) in [5.41, 5.74) is 0.559. The topological polar surface area (TPSA) is 72.0 Å². The average molecular weight is 340 g/mol. The Balaban J connectivity index is 1.68. The first-order chi connectivity index (χ1) is 10.7. The van der Waals surface area contributed by atoms with E-state index in [-0.39, 0.29) is 6.10 Å². The van der Waals surface area contributed by atoms with Gasteiger partial charge in [-0.25, -0.2) is 0 Å². The minimum absolute atomic E-state index is 0.226. The quantitative estimate of drug-likeness (QED) is 0.868. The van der Waals surface area contributed by atoms with E-state index in [9.17, 15) is 0 Å². The van der Waals surface area contributed by atoms with E-state index >= 15 is 0 Å². The predicted molar refractivity (Wildman–Crippen MR) is 87.0 cm³/mol. The molecule has 116 valence electrons. The highest BCUT2D eigenvalue weighted by molar-refractivity contribution is 6.39. The Morgan fingerprint density at radius 3 is 2.82 bits per heavy atom. The van der Waals surface area contributed by atoms with Gasteiger partial charge in [0.1, 0.15) is 0 Å². The molecule has 1 aromatic carbocycles. The molecule has 0 aliphatic carbocycles. The Labute approximate surface area is 138 Å². The van der Waals surface area contributed by atoms with Crippen molar-refractivity contribution in [1.82, 2.24) is 15.2 Å². The number of para-hydroxylation sites is 1. The van der Waals surface area contributed by atoms with Gasteiger partial charge in [0.25, 0.3) is 0 Å². The zero-order chi connectivity index (χ0) is 15.4. The van der Waals surface area contributed by atoms with Crippen molar-refractivity contribution in [3.63, 3.8) is 0 Å². The molecule has 0 amide bonds. The van der Waals surface area contributed by atoms with Crippen molar-refractivity contribution in [2.75, 3.05) is 23.8 Å². The lowest BCUT2D eigenvalue weighted by molar-refractivity contribution is 0.120. The minimum atomic E-state index is 0.226. The number of benzene rings is 1. The molecule has 3 rings (SSSR count). The fourth-order valence-electron chi connectivity index (χ4n) is 2.19. The first kappa shape index (κ1) is 15.3. The van der Waals surface area contributed by atoms with Crippen molar-refractivity contribution in [3.05, 3.63) is 34.4 Å². The van der Waals surface area contributed by atoms with Crippen LogP contribution in [0.2, 0.25) is 10.0 Å². The van der Waals surface area contributed by atoms with Crippen LogP contribution >= 0.6 is 23.2 Å². The molecule has 6 nitrogen and oxygen atoms in total. The number of anilines is 3. The molecule has 1 saturated heterocycles. The van der Waals surface area contributed by atoms with E-state index in [0.717, 1.165) is 19.4 Å². The van der Waals surface area contributed by atoms with Gasteiger partial charge in [-0.15, -0.1) is 5.10 Å². The molecule has 2 heterocycles. The van der Waals surface area contributed by atoms with Gasteiger partial charge in [0, 0.05) is 13.2 Å². The van der Waals surface area contributed by atoms with E-state index < -0.39 is 0 Å². The summed E-state index contributed by atoms with van der Waals surface area (Å²) in [5, 5.41) is 15.0. The molecule has 1 fully saturated rings. The summed E-state index contributed by atoms with van der Waals surface area (Å²) in [6.45, 7) is 1.52. The van der Waals surface area contributed by atoms with Gasteiger partial charge in [-0.05, 0) is 25.0 Å². The summed E-state index contributed by atoms with van der Waals surface area (Å²) < 4.78 is 5.56. The summed E-state index contributed by atoms with van der Waals surface area (Å²) >= 11 is 12.2. The first-order valence-corrected chi connectivity index (χ1v) is 7.74. The van der Waals surface area contributed by atoms with Crippen LogP contribution in [0.1, 0.15) is 12.8 Å². The van der Waals surface area contributed by atoms with Crippen molar-refractivity contribution in [1.29, 1.82) is 0 Å². The highest BCUT2D eigenvalue weighted by Gasteiger charge is 2.15. The molecule has 2 aromatic rings. The van der Waals surface area contributed by atoms with Gasteiger partial charge in [0.2, 0.25) is 5.95 Å². The van der Waals surface area contributed by atoms with Crippen molar-refractivity contribution >= 4 is 40.7 Å². The maximum absolute atomic E-state index is 6.11. The largest absolute Gasteiger partial charge is 0.376 e. The number of nitrogens with one attached hydrogen (secondary N) is 2. The normalized spacial score (nSPS) is 17.5. The maximum atomic E-state index is 6.11. The molecule has 1 atom stereocenters. The first-order valence-electron chi connectivity index (χ1n) is 6.98. The number of nitrogens with zero attached hydrogens (tertiary/aromatic N) is 3. The highest BCUT2D eigenvalue weighted by atomic mass is 35.5. The molecular weight excluding hydrogens is 325 g/mol. The molecule has 2 N–H and O–H groups in total. The second-order valence-electron chi connectivity index (χ2n) is 4.90. The fourth-order valence-corrected chi connectivity index (χ4v) is 2.69. The smallest absolute Gasteiger partial charge is 0.249 e. The molecule has 1 aliphatic rings. The molecule has 1 aliphatic heterocycles. The molecule has 1 unspecified atom stereocenters. The van der Waals surface area contributed by atoms with Crippen LogP contribution in [-0.4, -0.2) is 34.4 Å². The van der Waals surface area contributed by atoms with Crippen LogP contribution in [-0.2, 0) is 4.74 Å². The molecule has 1 aromatic heterocycles. The number of hydrogen-bond acceptors (Lipinski definition) is 6. The Morgan fingerprint density at radius 1 is 1.27 bits per heavy atom. The summed E-state index contributed by atoms with van der Waals surface area (Å²) in [5.74, 6) is 0.948. The van der Waals surface area contributed by atoms with Crippen LogP contribution in [0.15, 0.2) is 24.4 Å². The van der Waals surface area contributed by atoms with E-state index in [4.69, 9.17) is 27.9 Å². The van der Waals surface area contributed by atoms with Crippen LogP contribution in [0.3, 0.4) is 0 Å². The van der Waals surface area contributed by atoms with Crippen LogP contribution in [0.25, 0.3) is 0 Å². The van der Waals surface area contributed by atoms with Gasteiger partial charge in [0.05, 0.1) is 28.0 Å². The molecule has 22 heavy (non-hydrogen) atoms. The highest BCUT2D eigenvalue weighted by Crippen LogP contribution is 2.31. The lowest BCUT2D eigenvalue weighted by atomic mass is 10.2. The Hall–Kier alpha value is -1.63. The summed E-state index contributed by atoms with van der Waals surface area (Å²) in [6.07, 6.45) is 3.95. The van der Waals surface area contributed by atoms with Crippen LogP contribution in [0.4, 0.5) is 17.5 Å². The zero-order valence-corrected chi connectivity index (χ0v) is 13.2. The Kier molecular flexibility index (Phi) is 4.92. The molecule has 8 heteroatoms. The summed E-state index contributed by atoms with van der Waals surface area (Å²) in [6, 6.07) is 5.25. The monoisotopic (exact) mass is 339 g/mol. The molecule has 0 bridgehead atoms. The van der Waals surface area contributed by atoms with E-state index in [1.165, 1.54) is 0 Å². The lowest BCUT2D eigenvalue weighted by Gasteiger charge is -2.12. The van der Waals surface area contributed by atoms with Crippen LogP contribution in [0, 0.1) is 0 Å². The molecule has 0 spiro atoms.